The maximum atomic E-state index is 6.77. The number of hydrogen-bond acceptors (Lipinski definition) is 12. The number of thiophene rings is 2. The maximum absolute atomic E-state index is 6.77. The lowest BCUT2D eigenvalue weighted by Crippen LogP contribution is -2.00. The number of para-hydroxylation sites is 2. The van der Waals surface area contributed by atoms with Crippen LogP contribution in [-0.4, -0.2) is 39.9 Å². The summed E-state index contributed by atoms with van der Waals surface area (Å²) in [4.78, 5) is 41.1. The van der Waals surface area contributed by atoms with E-state index in [1.54, 1.807) is 35.1 Å². The summed E-state index contributed by atoms with van der Waals surface area (Å²) in [7, 11) is 0. The Bertz CT molecular complexity index is 8180. The van der Waals surface area contributed by atoms with Crippen molar-refractivity contribution in [1.29, 1.82) is 0 Å². The van der Waals surface area contributed by atoms with Gasteiger partial charge in [-0.15, -0.1) is 22.7 Å². The molecule has 0 unspecified atom stereocenters. The minimum absolute atomic E-state index is 0.537. The van der Waals surface area contributed by atoms with E-state index in [2.05, 4.69) is 322 Å². The van der Waals surface area contributed by atoms with Crippen molar-refractivity contribution < 1.29 is 8.83 Å². The first-order valence-corrected chi connectivity index (χ1v) is 41.5. The fourth-order valence-corrected chi connectivity index (χ4v) is 19.4. The Morgan fingerprint density at radius 2 is 0.567 bits per heavy atom. The fraction of sp³-hybridized carbons (Fsp3) is 0. The molecule has 0 radical (unpaired) electrons. The van der Waals surface area contributed by atoms with Crippen molar-refractivity contribution in [3.63, 3.8) is 0 Å². The van der Waals surface area contributed by atoms with Crippen molar-refractivity contribution in [3.8, 4) is 135 Å². The molecular formula is C108H64N8O2S2. The predicted octanol–water partition coefficient (Wildman–Crippen LogP) is 29.4. The minimum atomic E-state index is 0.537. The summed E-state index contributed by atoms with van der Waals surface area (Å²) in [5.41, 5.74) is 21.5. The van der Waals surface area contributed by atoms with Gasteiger partial charge in [0.15, 0.2) is 34.9 Å². The van der Waals surface area contributed by atoms with Crippen LogP contribution in [0.1, 0.15) is 0 Å². The molecule has 7 aromatic heterocycles. The second-order valence-corrected chi connectivity index (χ2v) is 32.0. The van der Waals surface area contributed by atoms with Gasteiger partial charge in [-0.3, -0.25) is 9.97 Å². The number of rotatable bonds is 12. The monoisotopic (exact) mass is 1570 g/mol. The van der Waals surface area contributed by atoms with E-state index in [-0.39, 0.29) is 0 Å². The van der Waals surface area contributed by atoms with Gasteiger partial charge in [-0.2, -0.15) is 0 Å². The van der Waals surface area contributed by atoms with E-state index < -0.39 is 0 Å². The van der Waals surface area contributed by atoms with Crippen molar-refractivity contribution in [1.82, 2.24) is 39.9 Å². The highest BCUT2D eigenvalue weighted by Gasteiger charge is 2.25. The molecule has 120 heavy (non-hydrogen) atoms. The number of fused-ring (bicyclic) bond motifs is 14. The van der Waals surface area contributed by atoms with E-state index in [0.717, 1.165) is 136 Å². The molecule has 0 aliphatic rings. The van der Waals surface area contributed by atoms with Gasteiger partial charge in [-0.1, -0.05) is 291 Å². The van der Waals surface area contributed by atoms with Gasteiger partial charge >= 0.3 is 0 Å². The Hall–Kier alpha value is -15.6. The van der Waals surface area contributed by atoms with Crippen molar-refractivity contribution in [3.05, 3.63) is 389 Å². The average molecular weight is 1570 g/mol. The molecule has 0 spiro atoms. The molecule has 560 valence electrons. The van der Waals surface area contributed by atoms with Crippen molar-refractivity contribution >= 4 is 128 Å². The van der Waals surface area contributed by atoms with Crippen LogP contribution in [0.3, 0.4) is 0 Å². The Balaban J connectivity index is 0.000000141. The van der Waals surface area contributed by atoms with E-state index in [1.807, 2.05) is 54.6 Å². The summed E-state index contributed by atoms with van der Waals surface area (Å²) in [5.74, 6) is 3.54. The lowest BCUT2D eigenvalue weighted by atomic mass is 9.94. The van der Waals surface area contributed by atoms with Crippen LogP contribution in [0.4, 0.5) is 0 Å². The molecular weight excluding hydrogens is 1510 g/mol. The average Bonchev–Trinajstić information content (AvgIpc) is 1.31. The third kappa shape index (κ3) is 12.4. The topological polar surface area (TPSA) is 129 Å². The first-order valence-electron chi connectivity index (χ1n) is 39.9. The Kier molecular flexibility index (Phi) is 17.1. The van der Waals surface area contributed by atoms with Gasteiger partial charge in [0.25, 0.3) is 0 Å². The van der Waals surface area contributed by atoms with Crippen LogP contribution in [0.15, 0.2) is 397 Å². The first kappa shape index (κ1) is 69.9. The van der Waals surface area contributed by atoms with Gasteiger partial charge in [0, 0.05) is 108 Å². The molecule has 0 N–H and O–H groups in total. The molecule has 0 amide bonds. The minimum Gasteiger partial charge on any atom is -0.455 e. The fourth-order valence-electron chi connectivity index (χ4n) is 17.0. The van der Waals surface area contributed by atoms with Crippen molar-refractivity contribution in [2.75, 3.05) is 0 Å². The van der Waals surface area contributed by atoms with E-state index in [1.165, 1.54) is 64.3 Å². The molecule has 12 heteroatoms. The van der Waals surface area contributed by atoms with E-state index in [4.69, 9.17) is 48.7 Å². The van der Waals surface area contributed by atoms with Gasteiger partial charge in [-0.25, -0.2) is 29.9 Å². The molecule has 24 rings (SSSR count). The molecule has 10 nitrogen and oxygen atoms in total. The normalized spacial score (nSPS) is 11.7. The van der Waals surface area contributed by atoms with Gasteiger partial charge in [0.05, 0.1) is 22.5 Å². The predicted molar refractivity (Wildman–Crippen MR) is 496 cm³/mol. The van der Waals surface area contributed by atoms with E-state index in [9.17, 15) is 0 Å². The Morgan fingerprint density at radius 3 is 1.16 bits per heavy atom. The van der Waals surface area contributed by atoms with E-state index in [0.29, 0.717) is 40.5 Å². The number of furan rings is 2. The quantitative estimate of drug-likeness (QED) is 0.117. The van der Waals surface area contributed by atoms with E-state index >= 15 is 0 Å². The van der Waals surface area contributed by atoms with Crippen LogP contribution in [0.5, 0.6) is 0 Å². The largest absolute Gasteiger partial charge is 0.455 e. The summed E-state index contributed by atoms with van der Waals surface area (Å²) in [6.45, 7) is 0. The van der Waals surface area contributed by atoms with Gasteiger partial charge in [0.1, 0.15) is 22.3 Å². The van der Waals surface area contributed by atoms with Crippen LogP contribution >= 0.6 is 22.7 Å². The van der Waals surface area contributed by atoms with Crippen molar-refractivity contribution in [2.24, 2.45) is 0 Å². The number of aromatic nitrogens is 8. The third-order valence-electron chi connectivity index (χ3n) is 22.8. The summed E-state index contributed by atoms with van der Waals surface area (Å²) >= 11 is 3.55. The molecule has 0 atom stereocenters. The number of benzene rings is 17. The van der Waals surface area contributed by atoms with Gasteiger partial charge in [0.2, 0.25) is 0 Å². The SMILES string of the molecule is c1ccc(-c2ccc3oc4c(-c5nc(-c6ccccc6)nc(-c6cccc7c6sc6ccc(-c8ccccc8-c8ccccc8)cc67)n5)cccc4c3c2)cc1.c1ccc(-c2ccc3sc4c(-c5nc(-c6ccc7ccccc7c6)nc(-c6cccc7c6oc6ccc(-c8nccnc8-c8cccc9ccccc89)cc67)n5)cccc4c3c2)cc1. The van der Waals surface area contributed by atoms with Crippen molar-refractivity contribution in [2.45, 2.75) is 0 Å². The lowest BCUT2D eigenvalue weighted by molar-refractivity contribution is 0.669. The van der Waals surface area contributed by atoms with Crippen LogP contribution in [-0.2, 0) is 0 Å². The van der Waals surface area contributed by atoms with Crippen LogP contribution in [0.2, 0.25) is 0 Å². The molecule has 0 bridgehead atoms. The summed E-state index contributed by atoms with van der Waals surface area (Å²) in [5, 5.41) is 13.3. The van der Waals surface area contributed by atoms with Gasteiger partial charge in [-0.05, 0) is 151 Å². The maximum Gasteiger partial charge on any atom is 0.167 e. The zero-order chi connectivity index (χ0) is 79.1. The molecule has 0 saturated heterocycles. The highest BCUT2D eigenvalue weighted by atomic mass is 32.1. The molecule has 0 saturated carbocycles. The Labute approximate surface area is 696 Å². The second-order valence-electron chi connectivity index (χ2n) is 29.9. The zero-order valence-electron chi connectivity index (χ0n) is 64.2. The van der Waals surface area contributed by atoms with Crippen LogP contribution in [0.25, 0.3) is 241 Å². The Morgan fingerprint density at radius 1 is 0.192 bits per heavy atom. The number of hydrogen-bond donors (Lipinski definition) is 0. The highest BCUT2D eigenvalue weighted by Crippen LogP contribution is 2.47. The smallest absolute Gasteiger partial charge is 0.167 e. The molecule has 24 aromatic rings. The van der Waals surface area contributed by atoms with Crippen LogP contribution < -0.4 is 0 Å². The van der Waals surface area contributed by atoms with Gasteiger partial charge < -0.3 is 8.83 Å². The summed E-state index contributed by atoms with van der Waals surface area (Å²) < 4.78 is 18.1. The highest BCUT2D eigenvalue weighted by molar-refractivity contribution is 7.26. The summed E-state index contributed by atoms with van der Waals surface area (Å²) in [6.07, 6.45) is 3.52. The second kappa shape index (κ2) is 29.3. The molecule has 0 aliphatic carbocycles. The zero-order valence-corrected chi connectivity index (χ0v) is 65.8. The first-order chi connectivity index (χ1) is 59.4. The molecule has 0 fully saturated rings. The van der Waals surface area contributed by atoms with Crippen LogP contribution in [0, 0.1) is 0 Å². The molecule has 0 aliphatic heterocycles. The summed E-state index contributed by atoms with van der Waals surface area (Å²) in [6, 6.07) is 131. The molecule has 7 heterocycles. The standard InChI is InChI=1S/C57H33N5OS.C51H31N3OS/c1-2-11-34(12-3-1)38-26-28-50-48(32-38)44-20-10-22-46(54(44)64-50)57-61-55(40-24-23-35-13-4-5-15-37(35)31-40)60-56(62-57)45-21-9-19-43-47-33-39(25-27-49(47)63-53(43)45)51-52(59-30-29-58-51)42-18-8-16-36-14-6-7-17-41(36)42;1-4-14-32(15-5-1)35-26-28-45-43(30-35)39-22-12-24-41(47(39)55-45)50-52-49(34-18-8-3-9-19-34)53-51(54-50)42-25-13-23-40-44-31-36(27-29-46(44)56-48(40)42)38-21-11-10-20-37(38)33-16-6-2-7-17-33/h1-33H;1-31H. The number of nitrogens with zero attached hydrogens (tertiary/aromatic N) is 8. The third-order valence-corrected chi connectivity index (χ3v) is 25.3. The lowest BCUT2D eigenvalue weighted by Gasteiger charge is -2.11. The molecule has 17 aromatic carbocycles.